The monoisotopic (exact) mass is 234 g/mol. The first-order valence-corrected chi connectivity index (χ1v) is 4.91. The van der Waals surface area contributed by atoms with Gasteiger partial charge >= 0.3 is 18.6 Å². The van der Waals surface area contributed by atoms with E-state index < -0.39 is 0 Å². The second-order valence-electron chi connectivity index (χ2n) is 4.83. The molecule has 0 spiro atoms. The summed E-state index contributed by atoms with van der Waals surface area (Å²) >= 11 is 0. The van der Waals surface area contributed by atoms with Crippen molar-refractivity contribution in [2.24, 2.45) is 0 Å². The zero-order valence-electron chi connectivity index (χ0n) is 9.55. The van der Waals surface area contributed by atoms with Crippen molar-refractivity contribution in [1.82, 2.24) is 4.90 Å². The van der Waals surface area contributed by atoms with E-state index in [4.69, 9.17) is 4.74 Å². The Bertz CT molecular complexity index is 173. The standard InChI is InChI=1S/C11H21NO.V/c1-6-11(7-2)8-12(9-13-11)10(3,4)5;/h1-2,6-9H2,3-5H3;/q-2;+2. The van der Waals surface area contributed by atoms with Crippen molar-refractivity contribution in [3.63, 3.8) is 0 Å². The van der Waals surface area contributed by atoms with Gasteiger partial charge in [-0.15, -0.1) is 0 Å². The fraction of sp³-hybridized carbons (Fsp3) is 0.818. The Balaban J connectivity index is 0.00000169. The quantitative estimate of drug-likeness (QED) is 0.679. The maximum Gasteiger partial charge on any atom is 2.00 e. The molecule has 0 saturated carbocycles. The fourth-order valence-corrected chi connectivity index (χ4v) is 1.51. The Morgan fingerprint density at radius 1 is 1.29 bits per heavy atom. The van der Waals surface area contributed by atoms with Crippen LogP contribution in [0.1, 0.15) is 33.6 Å². The molecule has 0 N–H and O–H groups in total. The van der Waals surface area contributed by atoms with Crippen molar-refractivity contribution in [3.8, 4) is 0 Å². The van der Waals surface area contributed by atoms with Crippen LogP contribution in [0.2, 0.25) is 0 Å². The van der Waals surface area contributed by atoms with Crippen molar-refractivity contribution in [2.45, 2.75) is 44.8 Å². The number of hydrogen-bond donors (Lipinski definition) is 0. The van der Waals surface area contributed by atoms with Crippen molar-refractivity contribution >= 4 is 0 Å². The first-order chi connectivity index (χ1) is 5.93. The third kappa shape index (κ3) is 3.00. The summed E-state index contributed by atoms with van der Waals surface area (Å²) in [4.78, 5) is 2.34. The molecule has 0 aromatic rings. The van der Waals surface area contributed by atoms with Gasteiger partial charge in [0.1, 0.15) is 6.73 Å². The van der Waals surface area contributed by atoms with Crippen LogP contribution >= 0.6 is 0 Å². The molecular weight excluding hydrogens is 213 g/mol. The van der Waals surface area contributed by atoms with E-state index in [1.807, 2.05) is 0 Å². The Hall–Kier alpha value is 0.504. The van der Waals surface area contributed by atoms with E-state index in [1.54, 1.807) is 0 Å². The van der Waals surface area contributed by atoms with Gasteiger partial charge in [0.05, 0.1) is 0 Å². The third-order valence-corrected chi connectivity index (χ3v) is 2.87. The summed E-state index contributed by atoms with van der Waals surface area (Å²) in [5.74, 6) is 0. The molecule has 2 nitrogen and oxygen atoms in total. The van der Waals surface area contributed by atoms with Gasteiger partial charge in [-0.05, 0) is 20.8 Å². The maximum atomic E-state index is 5.78. The summed E-state index contributed by atoms with van der Waals surface area (Å²) in [5, 5.41) is 0. The van der Waals surface area contributed by atoms with E-state index in [1.165, 1.54) is 0 Å². The molecule has 0 aromatic carbocycles. The largest absolute Gasteiger partial charge is 2.00 e. The molecule has 0 bridgehead atoms. The topological polar surface area (TPSA) is 12.5 Å². The first kappa shape index (κ1) is 14.5. The van der Waals surface area contributed by atoms with Gasteiger partial charge in [0.15, 0.2) is 0 Å². The van der Waals surface area contributed by atoms with E-state index >= 15 is 0 Å². The summed E-state index contributed by atoms with van der Waals surface area (Å²) in [7, 11) is 0. The molecular formula is C11H21NOV. The van der Waals surface area contributed by atoms with Crippen LogP contribution < -0.4 is 0 Å². The molecule has 1 aliphatic rings. The van der Waals surface area contributed by atoms with Crippen LogP contribution in [0.15, 0.2) is 0 Å². The molecule has 1 heterocycles. The zero-order chi connectivity index (χ0) is 10.1. The van der Waals surface area contributed by atoms with Crippen molar-refractivity contribution in [3.05, 3.63) is 13.8 Å². The molecule has 0 aromatic heterocycles. The number of nitrogens with zero attached hydrogens (tertiary/aromatic N) is 1. The van der Waals surface area contributed by atoms with Crippen molar-refractivity contribution in [1.29, 1.82) is 0 Å². The van der Waals surface area contributed by atoms with Crippen LogP contribution in [-0.4, -0.2) is 29.3 Å². The molecule has 1 rings (SSSR count). The van der Waals surface area contributed by atoms with Gasteiger partial charge < -0.3 is 18.6 Å². The molecule has 0 unspecified atom stereocenters. The molecule has 81 valence electrons. The molecule has 0 amide bonds. The van der Waals surface area contributed by atoms with Gasteiger partial charge in [-0.1, -0.05) is 0 Å². The van der Waals surface area contributed by atoms with Crippen LogP contribution in [0.4, 0.5) is 0 Å². The Labute approximate surface area is 100 Å². The molecule has 1 aliphatic heterocycles. The molecule has 0 aliphatic carbocycles. The second-order valence-corrected chi connectivity index (χ2v) is 4.83. The van der Waals surface area contributed by atoms with Crippen LogP contribution in [0, 0.1) is 13.8 Å². The number of ether oxygens (including phenoxy) is 1. The molecule has 1 radical (unpaired) electrons. The molecule has 1 fully saturated rings. The summed E-state index contributed by atoms with van der Waals surface area (Å²) in [6.07, 6.45) is 1.62. The second kappa shape index (κ2) is 5.02. The third-order valence-electron chi connectivity index (χ3n) is 2.87. The smallest absolute Gasteiger partial charge is 0.364 e. The average Bonchev–Trinajstić information content (AvgIpc) is 2.48. The first-order valence-electron chi connectivity index (χ1n) is 4.91. The number of rotatable bonds is 2. The van der Waals surface area contributed by atoms with Crippen LogP contribution in [-0.2, 0) is 23.3 Å². The van der Waals surface area contributed by atoms with Gasteiger partial charge in [-0.3, -0.25) is 4.90 Å². The number of hydrogen-bond acceptors (Lipinski definition) is 2. The summed E-state index contributed by atoms with van der Waals surface area (Å²) in [6, 6.07) is 0. The Morgan fingerprint density at radius 2 is 1.79 bits per heavy atom. The van der Waals surface area contributed by atoms with E-state index in [2.05, 4.69) is 39.5 Å². The predicted octanol–water partition coefficient (Wildman–Crippen LogP) is 2.26. The van der Waals surface area contributed by atoms with Gasteiger partial charge in [0.2, 0.25) is 0 Å². The van der Waals surface area contributed by atoms with Crippen molar-refractivity contribution < 1.29 is 23.3 Å². The average molecular weight is 234 g/mol. The van der Waals surface area contributed by atoms with Crippen LogP contribution in [0.5, 0.6) is 0 Å². The molecule has 1 saturated heterocycles. The molecule has 3 heteroatoms. The minimum atomic E-state index is -0.0900. The molecule has 14 heavy (non-hydrogen) atoms. The molecule has 0 atom stereocenters. The van der Waals surface area contributed by atoms with Crippen molar-refractivity contribution in [2.75, 3.05) is 13.3 Å². The Kier molecular flexibility index (Phi) is 5.20. The minimum absolute atomic E-state index is 0. The predicted molar refractivity (Wildman–Crippen MR) is 55.1 cm³/mol. The Morgan fingerprint density at radius 3 is 2.00 bits per heavy atom. The maximum absolute atomic E-state index is 5.78. The van der Waals surface area contributed by atoms with E-state index in [-0.39, 0.29) is 29.7 Å². The van der Waals surface area contributed by atoms with Gasteiger partial charge in [0.25, 0.3) is 0 Å². The van der Waals surface area contributed by atoms with Gasteiger partial charge in [-0.25, -0.2) is 0 Å². The van der Waals surface area contributed by atoms with Crippen LogP contribution in [0.25, 0.3) is 0 Å². The van der Waals surface area contributed by atoms with E-state index in [0.29, 0.717) is 6.73 Å². The summed E-state index contributed by atoms with van der Waals surface area (Å²) in [5.41, 5.74) is 0.0966. The van der Waals surface area contributed by atoms with Gasteiger partial charge in [0, 0.05) is 17.7 Å². The zero-order valence-corrected chi connectivity index (χ0v) is 10.9. The van der Waals surface area contributed by atoms with E-state index in [9.17, 15) is 0 Å². The normalized spacial score (nSPS) is 22.1. The summed E-state index contributed by atoms with van der Waals surface area (Å²) in [6.45, 7) is 16.2. The van der Waals surface area contributed by atoms with E-state index in [0.717, 1.165) is 19.4 Å². The summed E-state index contributed by atoms with van der Waals surface area (Å²) < 4.78 is 5.78. The SMILES string of the molecule is [CH2-]CC1(C[CH2-])CN(C(C)(C)C)CO1.[V+2]. The van der Waals surface area contributed by atoms with Gasteiger partial charge in [-0.2, -0.15) is 12.8 Å². The fourth-order valence-electron chi connectivity index (χ4n) is 1.51. The minimum Gasteiger partial charge on any atom is -0.364 e. The van der Waals surface area contributed by atoms with Crippen LogP contribution in [0.3, 0.4) is 0 Å².